The summed E-state index contributed by atoms with van der Waals surface area (Å²) in [6.07, 6.45) is 5.06. The molecule has 1 aliphatic rings. The Morgan fingerprint density at radius 2 is 2.13 bits per heavy atom. The van der Waals surface area contributed by atoms with E-state index in [2.05, 4.69) is 10.1 Å². The zero-order valence-electron chi connectivity index (χ0n) is 8.89. The maximum absolute atomic E-state index is 12.0. The van der Waals surface area contributed by atoms with E-state index in [1.807, 2.05) is 0 Å². The van der Waals surface area contributed by atoms with Crippen LogP contribution in [0.5, 0.6) is 0 Å². The molecule has 2 rings (SSSR count). The molecule has 1 heterocycles. The quantitative estimate of drug-likeness (QED) is 0.719. The second kappa shape index (κ2) is 4.10. The van der Waals surface area contributed by atoms with Gasteiger partial charge in [-0.25, -0.2) is 9.67 Å². The van der Waals surface area contributed by atoms with Gasteiger partial charge < -0.3 is 5.73 Å². The number of nitrogens with two attached hydrogens (primary N) is 1. The molecule has 0 atom stereocenters. The molecule has 1 aromatic rings. The average Bonchev–Trinajstić information content (AvgIpc) is 2.65. The number of carbonyl (C=O) groups excluding carboxylic acids is 1. The molecular formula is C10H16N4O. The first-order chi connectivity index (χ1) is 7.18. The maximum Gasteiger partial charge on any atom is 0.202 e. The van der Waals surface area contributed by atoms with Crippen molar-refractivity contribution in [1.82, 2.24) is 14.8 Å². The summed E-state index contributed by atoms with van der Waals surface area (Å²) in [5, 5.41) is 3.91. The Bertz CT molecular complexity index is 352. The first kappa shape index (κ1) is 10.3. The first-order valence-electron chi connectivity index (χ1n) is 5.32. The van der Waals surface area contributed by atoms with Crippen molar-refractivity contribution in [1.29, 1.82) is 0 Å². The minimum absolute atomic E-state index is 0.0905. The van der Waals surface area contributed by atoms with Gasteiger partial charge in [0.25, 0.3) is 0 Å². The number of aromatic nitrogens is 3. The number of hydrogen-bond acceptors (Lipinski definition) is 4. The van der Waals surface area contributed by atoms with Crippen molar-refractivity contribution in [2.24, 2.45) is 18.7 Å². The molecule has 0 bridgehead atoms. The van der Waals surface area contributed by atoms with Gasteiger partial charge in [0.05, 0.1) is 0 Å². The lowest BCUT2D eigenvalue weighted by atomic mass is 9.83. The first-order valence-corrected chi connectivity index (χ1v) is 5.32. The van der Waals surface area contributed by atoms with Gasteiger partial charge in [-0.1, -0.05) is 0 Å². The minimum Gasteiger partial charge on any atom is -0.328 e. The average molecular weight is 208 g/mol. The second-order valence-electron chi connectivity index (χ2n) is 4.18. The van der Waals surface area contributed by atoms with Crippen LogP contribution in [-0.2, 0) is 7.05 Å². The molecule has 0 aliphatic heterocycles. The Kier molecular flexibility index (Phi) is 2.81. The van der Waals surface area contributed by atoms with Crippen molar-refractivity contribution < 1.29 is 4.79 Å². The van der Waals surface area contributed by atoms with Crippen LogP contribution in [0.4, 0.5) is 0 Å². The van der Waals surface area contributed by atoms with Crippen molar-refractivity contribution in [2.75, 3.05) is 0 Å². The third kappa shape index (κ3) is 2.07. The van der Waals surface area contributed by atoms with Crippen molar-refractivity contribution in [3.05, 3.63) is 12.2 Å². The lowest BCUT2D eigenvalue weighted by Crippen LogP contribution is -2.30. The van der Waals surface area contributed by atoms with E-state index in [1.54, 1.807) is 7.05 Å². The van der Waals surface area contributed by atoms with Gasteiger partial charge in [-0.15, -0.1) is 0 Å². The predicted octanol–water partition coefficient (Wildman–Crippen LogP) is 0.515. The van der Waals surface area contributed by atoms with Crippen LogP contribution in [0.1, 0.15) is 36.3 Å². The van der Waals surface area contributed by atoms with Crippen LogP contribution in [0.3, 0.4) is 0 Å². The van der Waals surface area contributed by atoms with Crippen molar-refractivity contribution >= 4 is 5.78 Å². The zero-order valence-corrected chi connectivity index (χ0v) is 8.89. The fourth-order valence-electron chi connectivity index (χ4n) is 2.08. The van der Waals surface area contributed by atoms with Gasteiger partial charge >= 0.3 is 0 Å². The number of aryl methyl sites for hydroxylation is 1. The van der Waals surface area contributed by atoms with Gasteiger partial charge in [0, 0.05) is 19.0 Å². The number of carbonyl (C=O) groups is 1. The van der Waals surface area contributed by atoms with E-state index in [9.17, 15) is 4.79 Å². The highest BCUT2D eigenvalue weighted by molar-refractivity contribution is 5.94. The SMILES string of the molecule is Cn1ncnc1C(=O)C1CCC(N)CC1. The maximum atomic E-state index is 12.0. The summed E-state index contributed by atoms with van der Waals surface area (Å²) in [7, 11) is 1.74. The predicted molar refractivity (Wildman–Crippen MR) is 55.3 cm³/mol. The van der Waals surface area contributed by atoms with Crippen LogP contribution in [0.25, 0.3) is 0 Å². The summed E-state index contributed by atoms with van der Waals surface area (Å²) in [4.78, 5) is 16.0. The molecule has 5 heteroatoms. The second-order valence-corrected chi connectivity index (χ2v) is 4.18. The summed E-state index contributed by atoms with van der Waals surface area (Å²) in [5.41, 5.74) is 5.80. The molecule has 5 nitrogen and oxygen atoms in total. The van der Waals surface area contributed by atoms with E-state index in [4.69, 9.17) is 5.73 Å². The van der Waals surface area contributed by atoms with Crippen LogP contribution < -0.4 is 5.73 Å². The molecule has 0 aromatic carbocycles. The number of hydrogen-bond donors (Lipinski definition) is 1. The van der Waals surface area contributed by atoms with Crippen LogP contribution in [-0.4, -0.2) is 26.6 Å². The number of ketones is 1. The normalized spacial score (nSPS) is 26.5. The minimum atomic E-state index is 0.0905. The van der Waals surface area contributed by atoms with Crippen molar-refractivity contribution in [2.45, 2.75) is 31.7 Å². The van der Waals surface area contributed by atoms with Crippen LogP contribution in [0, 0.1) is 5.92 Å². The van der Waals surface area contributed by atoms with Gasteiger partial charge in [0.2, 0.25) is 5.78 Å². The molecule has 1 aliphatic carbocycles. The highest BCUT2D eigenvalue weighted by Crippen LogP contribution is 2.25. The van der Waals surface area contributed by atoms with Crippen molar-refractivity contribution in [3.8, 4) is 0 Å². The van der Waals surface area contributed by atoms with E-state index in [0.29, 0.717) is 5.82 Å². The number of nitrogens with zero attached hydrogens (tertiary/aromatic N) is 3. The van der Waals surface area contributed by atoms with Crippen LogP contribution in [0.15, 0.2) is 6.33 Å². The summed E-state index contributed by atoms with van der Waals surface area (Å²) in [6.45, 7) is 0. The van der Waals surface area contributed by atoms with E-state index in [0.717, 1.165) is 25.7 Å². The van der Waals surface area contributed by atoms with E-state index < -0.39 is 0 Å². The lowest BCUT2D eigenvalue weighted by Gasteiger charge is -2.24. The third-order valence-electron chi connectivity index (χ3n) is 3.07. The van der Waals surface area contributed by atoms with E-state index in [1.165, 1.54) is 11.0 Å². The summed E-state index contributed by atoms with van der Waals surface area (Å²) in [6, 6.07) is 0.272. The molecule has 0 unspecified atom stereocenters. The van der Waals surface area contributed by atoms with Gasteiger partial charge in [0.15, 0.2) is 5.82 Å². The van der Waals surface area contributed by atoms with Gasteiger partial charge in [-0.2, -0.15) is 5.10 Å². The number of rotatable bonds is 2. The molecule has 82 valence electrons. The van der Waals surface area contributed by atoms with Gasteiger partial charge in [-0.3, -0.25) is 4.79 Å². The monoisotopic (exact) mass is 208 g/mol. The van der Waals surface area contributed by atoms with E-state index >= 15 is 0 Å². The molecule has 0 amide bonds. The Morgan fingerprint density at radius 3 is 2.67 bits per heavy atom. The van der Waals surface area contributed by atoms with Crippen molar-refractivity contribution in [3.63, 3.8) is 0 Å². The zero-order chi connectivity index (χ0) is 10.8. The lowest BCUT2D eigenvalue weighted by molar-refractivity contribution is 0.0869. The highest BCUT2D eigenvalue weighted by atomic mass is 16.1. The molecule has 0 spiro atoms. The smallest absolute Gasteiger partial charge is 0.202 e. The molecule has 1 fully saturated rings. The molecule has 0 radical (unpaired) electrons. The standard InChI is InChI=1S/C10H16N4O/c1-14-10(12-6-13-14)9(15)7-2-4-8(11)5-3-7/h6-8H,2-5,11H2,1H3. The summed E-state index contributed by atoms with van der Waals surface area (Å²) < 4.78 is 1.54. The fourth-order valence-corrected chi connectivity index (χ4v) is 2.08. The topological polar surface area (TPSA) is 73.8 Å². The summed E-state index contributed by atoms with van der Waals surface area (Å²) in [5.74, 6) is 0.671. The molecule has 0 saturated heterocycles. The molecule has 15 heavy (non-hydrogen) atoms. The van der Waals surface area contributed by atoms with Gasteiger partial charge in [0.1, 0.15) is 6.33 Å². The fraction of sp³-hybridized carbons (Fsp3) is 0.700. The van der Waals surface area contributed by atoms with Crippen LogP contribution >= 0.6 is 0 Å². The Balaban J connectivity index is 2.06. The molecule has 2 N–H and O–H groups in total. The Hall–Kier alpha value is -1.23. The summed E-state index contributed by atoms with van der Waals surface area (Å²) >= 11 is 0. The number of Topliss-reactive ketones (excluding diaryl/α,β-unsaturated/α-hetero) is 1. The third-order valence-corrected chi connectivity index (χ3v) is 3.07. The van der Waals surface area contributed by atoms with E-state index in [-0.39, 0.29) is 17.7 Å². The molecular weight excluding hydrogens is 192 g/mol. The Labute approximate surface area is 88.7 Å². The molecule has 1 aromatic heterocycles. The molecule has 1 saturated carbocycles. The van der Waals surface area contributed by atoms with Crippen LogP contribution in [0.2, 0.25) is 0 Å². The largest absolute Gasteiger partial charge is 0.328 e. The highest BCUT2D eigenvalue weighted by Gasteiger charge is 2.27. The Morgan fingerprint density at radius 1 is 1.47 bits per heavy atom. The van der Waals surface area contributed by atoms with Gasteiger partial charge in [-0.05, 0) is 25.7 Å².